The molecule has 0 N–H and O–H groups in total. The molecule has 4 nitrogen and oxygen atoms in total. The highest BCUT2D eigenvalue weighted by Gasteiger charge is 2.43. The predicted molar refractivity (Wildman–Crippen MR) is 282 cm³/mol. The third kappa shape index (κ3) is 59.9. The van der Waals surface area contributed by atoms with Crippen LogP contribution in [-0.4, -0.2) is 29.3 Å². The Hall–Kier alpha value is -2.05. The summed E-state index contributed by atoms with van der Waals surface area (Å²) >= 11 is 0. The molecule has 3 saturated carbocycles. The van der Waals surface area contributed by atoms with Gasteiger partial charge in [-0.2, -0.15) is 13.2 Å². The molecule has 65 heavy (non-hydrogen) atoms. The minimum Gasteiger partial charge on any atom is -0.299 e. The number of hydrogen-bond donors (Lipinski definition) is 0. The number of allylic oxidation sites excluding steroid dienone is 3. The molecular weight excluding hydrogens is 818 g/mol. The second kappa shape index (κ2) is 45.7. The molecule has 0 radical (unpaired) electrons. The van der Waals surface area contributed by atoms with Crippen LogP contribution >= 0.6 is 0 Å². The summed E-state index contributed by atoms with van der Waals surface area (Å²) in [6.45, 7) is 40.7. The molecule has 0 spiro atoms. The Balaban J connectivity index is -0.000000152. The zero-order valence-electron chi connectivity index (χ0n) is 47.0. The minimum absolute atomic E-state index is 0.00907. The summed E-state index contributed by atoms with van der Waals surface area (Å²) in [5, 5.41) is 0. The normalized spacial score (nSPS) is 16.0. The summed E-state index contributed by atoms with van der Waals surface area (Å²) in [5.74, 6) is -0.121. The molecule has 0 unspecified atom stereocenters. The first kappa shape index (κ1) is 74.5. The van der Waals surface area contributed by atoms with E-state index in [9.17, 15) is 32.3 Å². The number of halogens is 3. The molecule has 3 aliphatic carbocycles. The number of carbonyl (C=O) groups is 4. The highest BCUT2D eigenvalue weighted by molar-refractivity contribution is 5.98. The van der Waals surface area contributed by atoms with Crippen molar-refractivity contribution in [3.8, 4) is 0 Å². The summed E-state index contributed by atoms with van der Waals surface area (Å²) in [7, 11) is 0. The van der Waals surface area contributed by atoms with Gasteiger partial charge in [0, 0.05) is 19.3 Å². The Labute approximate surface area is 404 Å². The lowest BCUT2D eigenvalue weighted by atomic mass is 9.69. The van der Waals surface area contributed by atoms with Crippen LogP contribution in [0.4, 0.5) is 13.2 Å². The second-order valence-corrected chi connectivity index (χ2v) is 21.3. The molecule has 0 aliphatic heterocycles. The molecule has 0 aromatic carbocycles. The number of alkyl halides is 3. The van der Waals surface area contributed by atoms with Gasteiger partial charge in [0.25, 0.3) is 0 Å². The molecule has 7 heteroatoms. The zero-order chi connectivity index (χ0) is 52.2. The van der Waals surface area contributed by atoms with Crippen LogP contribution in [0.3, 0.4) is 0 Å². The van der Waals surface area contributed by atoms with E-state index < -0.39 is 11.6 Å². The molecular formula is C58H113F3O4. The maximum atomic E-state index is 11.6. The van der Waals surface area contributed by atoms with E-state index in [-0.39, 0.29) is 29.6 Å². The van der Waals surface area contributed by atoms with Gasteiger partial charge in [-0.1, -0.05) is 233 Å². The molecule has 0 aromatic heterocycles. The van der Waals surface area contributed by atoms with Gasteiger partial charge in [-0.15, -0.1) is 0 Å². The molecule has 0 amide bonds. The van der Waals surface area contributed by atoms with Crippen molar-refractivity contribution in [1.29, 1.82) is 0 Å². The Kier molecular flexibility index (Phi) is 52.4. The van der Waals surface area contributed by atoms with E-state index in [1.807, 2.05) is 0 Å². The van der Waals surface area contributed by atoms with E-state index in [1.165, 1.54) is 174 Å². The van der Waals surface area contributed by atoms with Gasteiger partial charge >= 0.3 is 6.18 Å². The fraction of sp³-hybridized carbons (Fsp3) is 0.862. The molecule has 0 aromatic rings. The number of carbonyl (C=O) groups excluding carboxylic acids is 4. The van der Waals surface area contributed by atoms with Crippen LogP contribution in [0.5, 0.6) is 0 Å². The molecule has 0 atom stereocenters. The Morgan fingerprint density at radius 1 is 0.523 bits per heavy atom. The van der Waals surface area contributed by atoms with Crippen molar-refractivity contribution in [2.45, 2.75) is 305 Å². The van der Waals surface area contributed by atoms with E-state index in [0.717, 1.165) is 26.2 Å². The molecule has 3 fully saturated rings. The topological polar surface area (TPSA) is 68.3 Å². The van der Waals surface area contributed by atoms with Crippen LogP contribution in [0.25, 0.3) is 0 Å². The first-order valence-electron chi connectivity index (χ1n) is 26.4. The predicted octanol–water partition coefficient (Wildman–Crippen LogP) is 20.3. The van der Waals surface area contributed by atoms with Crippen LogP contribution in [-0.2, 0) is 19.2 Å². The van der Waals surface area contributed by atoms with Crippen molar-refractivity contribution in [1.82, 2.24) is 0 Å². The van der Waals surface area contributed by atoms with Crippen LogP contribution in [0.2, 0.25) is 0 Å². The van der Waals surface area contributed by atoms with Crippen LogP contribution in [0, 0.1) is 21.7 Å². The maximum Gasteiger partial charge on any atom is 0.393 e. The average Bonchev–Trinajstić information content (AvgIpc) is 3.63. The van der Waals surface area contributed by atoms with Crippen LogP contribution in [0.15, 0.2) is 24.3 Å². The molecule has 390 valence electrons. The standard InChI is InChI=1S/C8H12O2.C8H16.C7H10O2.2C7H14.C6H14.C5H9F3.2C5H12/c1-4-8(10)5-6(2)7(3)9;1-8(2)6-4-3-5-7-8;1-3-7(9)5-4-6(2)8;1-7(2)5-3-4-6-7;1-3-7(2)5-4-6-7;1-3-5-6-4-2;1-4(2,3)5(6,7)8;2*1-3-5-4-2/h2,4-5H2,1,3H3;3-7H2,1-2H3;4-5H,3H2,1-2H3;2*3-6H2,1-2H3;3-6H2,1-2H3;1-3H3;2*3-5H2,1-2H3. The molecule has 0 bridgehead atoms. The summed E-state index contributed by atoms with van der Waals surface area (Å²) in [6.07, 6.45) is 32.3. The molecule has 3 aliphatic rings. The highest BCUT2D eigenvalue weighted by Crippen LogP contribution is 2.42. The lowest BCUT2D eigenvalue weighted by Gasteiger charge is -2.37. The Morgan fingerprint density at radius 2 is 0.862 bits per heavy atom. The van der Waals surface area contributed by atoms with Crippen molar-refractivity contribution in [2.75, 3.05) is 0 Å². The highest BCUT2D eigenvalue weighted by atomic mass is 19.4. The quantitative estimate of drug-likeness (QED) is 0.121. The number of ketones is 4. The van der Waals surface area contributed by atoms with Gasteiger partial charge < -0.3 is 0 Å². The van der Waals surface area contributed by atoms with Crippen LogP contribution in [0.1, 0.15) is 298 Å². The maximum absolute atomic E-state index is 11.6. The first-order chi connectivity index (χ1) is 29.9. The third-order valence-electron chi connectivity index (χ3n) is 12.0. The molecule has 0 saturated heterocycles. The summed E-state index contributed by atoms with van der Waals surface area (Å²) in [4.78, 5) is 42.0. The average molecular weight is 932 g/mol. The SMILES string of the molecule is C=C(CC(=O)CC)C(C)=O.CC(C)(C)C(F)(F)F.CC1(C)CCCC1.CC1(C)CCCCC1.CCC(=O)C=CC(C)=O.CCC1(C)CCC1.CCCCC.CCCCC.CCCCCC. The number of unbranched alkanes of at least 4 members (excludes halogenated alkanes) is 7. The fourth-order valence-corrected chi connectivity index (χ4v) is 6.00. The first-order valence-corrected chi connectivity index (χ1v) is 26.4. The van der Waals surface area contributed by atoms with Crippen molar-refractivity contribution in [3.05, 3.63) is 24.3 Å². The van der Waals surface area contributed by atoms with Gasteiger partial charge in [0.05, 0.1) is 5.41 Å². The van der Waals surface area contributed by atoms with E-state index in [2.05, 4.69) is 89.7 Å². The van der Waals surface area contributed by atoms with Gasteiger partial charge in [-0.25, -0.2) is 0 Å². The second-order valence-electron chi connectivity index (χ2n) is 21.3. The lowest BCUT2D eigenvalue weighted by Crippen LogP contribution is -2.28. The number of hydrogen-bond acceptors (Lipinski definition) is 4. The van der Waals surface area contributed by atoms with Gasteiger partial charge in [0.2, 0.25) is 0 Å². The van der Waals surface area contributed by atoms with Crippen molar-refractivity contribution < 1.29 is 32.3 Å². The smallest absolute Gasteiger partial charge is 0.299 e. The van der Waals surface area contributed by atoms with Crippen molar-refractivity contribution in [2.24, 2.45) is 21.7 Å². The van der Waals surface area contributed by atoms with E-state index >= 15 is 0 Å². The van der Waals surface area contributed by atoms with Crippen molar-refractivity contribution in [3.63, 3.8) is 0 Å². The van der Waals surface area contributed by atoms with Gasteiger partial charge in [-0.3, -0.25) is 19.2 Å². The number of Topliss-reactive ketones (excluding diaryl/α,β-unsaturated/α-hetero) is 2. The number of rotatable bonds is 15. The Bertz CT molecular complexity index is 1120. The summed E-state index contributed by atoms with van der Waals surface area (Å²) in [6, 6.07) is 0. The van der Waals surface area contributed by atoms with E-state index in [4.69, 9.17) is 0 Å². The minimum atomic E-state index is -4.06. The molecule has 3 rings (SSSR count). The summed E-state index contributed by atoms with van der Waals surface area (Å²) < 4.78 is 34.7. The van der Waals surface area contributed by atoms with E-state index in [1.54, 1.807) is 13.8 Å². The largest absolute Gasteiger partial charge is 0.393 e. The van der Waals surface area contributed by atoms with Gasteiger partial charge in [0.15, 0.2) is 17.3 Å². The van der Waals surface area contributed by atoms with Gasteiger partial charge in [0.1, 0.15) is 5.78 Å². The molecule has 0 heterocycles. The van der Waals surface area contributed by atoms with Gasteiger partial charge in [-0.05, 0) is 86.3 Å². The Morgan fingerprint density at radius 3 is 1.00 bits per heavy atom. The van der Waals surface area contributed by atoms with E-state index in [0.29, 0.717) is 29.2 Å². The fourth-order valence-electron chi connectivity index (χ4n) is 6.00. The lowest BCUT2D eigenvalue weighted by molar-refractivity contribution is -0.204. The monoisotopic (exact) mass is 931 g/mol. The third-order valence-corrected chi connectivity index (χ3v) is 12.0. The zero-order valence-corrected chi connectivity index (χ0v) is 47.0. The summed E-state index contributed by atoms with van der Waals surface area (Å²) in [5.41, 5.74) is 0.984. The van der Waals surface area contributed by atoms with Crippen LogP contribution < -0.4 is 0 Å². The van der Waals surface area contributed by atoms with Crippen molar-refractivity contribution >= 4 is 23.1 Å².